The lowest BCUT2D eigenvalue weighted by Crippen LogP contribution is -2.30. The second kappa shape index (κ2) is 5.63. The molecule has 1 aliphatic heterocycles. The number of nitrogens with two attached hydrogens (primary N) is 1. The molecular weight excluding hydrogens is 218 g/mol. The van der Waals surface area contributed by atoms with E-state index < -0.39 is 5.91 Å². The van der Waals surface area contributed by atoms with E-state index in [-0.39, 0.29) is 0 Å². The summed E-state index contributed by atoms with van der Waals surface area (Å²) in [5.74, 6) is 0.578. The summed E-state index contributed by atoms with van der Waals surface area (Å²) in [6, 6.07) is 3.17. The van der Waals surface area contributed by atoms with Gasteiger partial charge in [0.2, 0.25) is 11.8 Å². The second-order valence-electron chi connectivity index (χ2n) is 4.25. The molecule has 1 aromatic rings. The van der Waals surface area contributed by atoms with Gasteiger partial charge in [0.15, 0.2) is 0 Å². The van der Waals surface area contributed by atoms with Crippen LogP contribution in [0.25, 0.3) is 0 Å². The number of nitrogens with zero attached hydrogens (tertiary/aromatic N) is 1. The molecule has 3 N–H and O–H groups in total. The van der Waals surface area contributed by atoms with E-state index in [4.69, 9.17) is 10.5 Å². The van der Waals surface area contributed by atoms with Crippen molar-refractivity contribution in [3.63, 3.8) is 0 Å². The normalized spacial score (nSPS) is 16.7. The third kappa shape index (κ3) is 3.42. The van der Waals surface area contributed by atoms with Gasteiger partial charge in [0.25, 0.3) is 0 Å². The van der Waals surface area contributed by atoms with E-state index in [1.807, 2.05) is 0 Å². The molecule has 5 heteroatoms. The highest BCUT2D eigenvalue weighted by atomic mass is 16.5. The molecule has 0 unspecified atom stereocenters. The number of ether oxygens (including phenoxy) is 1. The molecule has 1 fully saturated rings. The van der Waals surface area contributed by atoms with Gasteiger partial charge in [0, 0.05) is 17.8 Å². The summed E-state index contributed by atoms with van der Waals surface area (Å²) in [6.07, 6.45) is 3.78. The van der Waals surface area contributed by atoms with E-state index in [1.54, 1.807) is 12.1 Å². The fourth-order valence-corrected chi connectivity index (χ4v) is 1.89. The number of rotatable bonds is 4. The molecule has 0 spiro atoms. The molecule has 1 aliphatic rings. The molecule has 1 saturated heterocycles. The minimum atomic E-state index is -0.459. The monoisotopic (exact) mass is 235 g/mol. The standard InChI is InChI=1S/C12H17N3O2/c13-12(16)10-3-6-15-11(7-10)17-8-9-1-4-14-5-2-9/h3,6-7,9,14H,1-2,4-5,8H2,(H2,13,16). The van der Waals surface area contributed by atoms with Crippen LogP contribution in [-0.4, -0.2) is 30.6 Å². The number of pyridine rings is 1. The fraction of sp³-hybridized carbons (Fsp3) is 0.500. The lowest BCUT2D eigenvalue weighted by Gasteiger charge is -2.22. The van der Waals surface area contributed by atoms with Gasteiger partial charge in [-0.15, -0.1) is 0 Å². The zero-order chi connectivity index (χ0) is 12.1. The van der Waals surface area contributed by atoms with Crippen LogP contribution in [0.1, 0.15) is 23.2 Å². The summed E-state index contributed by atoms with van der Waals surface area (Å²) in [4.78, 5) is 15.1. The molecule has 0 saturated carbocycles. The summed E-state index contributed by atoms with van der Waals surface area (Å²) in [5.41, 5.74) is 5.62. The number of carbonyl (C=O) groups excluding carboxylic acids is 1. The second-order valence-corrected chi connectivity index (χ2v) is 4.25. The summed E-state index contributed by atoms with van der Waals surface area (Å²) in [7, 11) is 0. The molecule has 0 atom stereocenters. The first-order valence-corrected chi connectivity index (χ1v) is 5.85. The van der Waals surface area contributed by atoms with Gasteiger partial charge in [-0.2, -0.15) is 0 Å². The Bertz CT molecular complexity index is 389. The van der Waals surface area contributed by atoms with Gasteiger partial charge in [0.05, 0.1) is 6.61 Å². The SMILES string of the molecule is NC(=O)c1ccnc(OCC2CCNCC2)c1. The van der Waals surface area contributed by atoms with Crippen LogP contribution < -0.4 is 15.8 Å². The van der Waals surface area contributed by atoms with Crippen LogP contribution in [0.2, 0.25) is 0 Å². The van der Waals surface area contributed by atoms with Crippen LogP contribution in [0, 0.1) is 5.92 Å². The summed E-state index contributed by atoms with van der Waals surface area (Å²) >= 11 is 0. The van der Waals surface area contributed by atoms with Crippen LogP contribution >= 0.6 is 0 Å². The van der Waals surface area contributed by atoms with E-state index in [0.29, 0.717) is 24.0 Å². The number of aromatic nitrogens is 1. The van der Waals surface area contributed by atoms with Crippen molar-refractivity contribution >= 4 is 5.91 Å². The molecule has 2 heterocycles. The number of hydrogen-bond donors (Lipinski definition) is 2. The van der Waals surface area contributed by atoms with E-state index >= 15 is 0 Å². The summed E-state index contributed by atoms with van der Waals surface area (Å²) < 4.78 is 5.59. The number of primary amides is 1. The Balaban J connectivity index is 1.89. The van der Waals surface area contributed by atoms with E-state index in [0.717, 1.165) is 25.9 Å². The predicted octanol–water partition coefficient (Wildman–Crippen LogP) is 0.559. The smallest absolute Gasteiger partial charge is 0.248 e. The van der Waals surface area contributed by atoms with Gasteiger partial charge >= 0.3 is 0 Å². The molecule has 1 aromatic heterocycles. The molecular formula is C12H17N3O2. The Morgan fingerprint density at radius 2 is 2.29 bits per heavy atom. The van der Waals surface area contributed by atoms with Crippen molar-refractivity contribution in [2.75, 3.05) is 19.7 Å². The van der Waals surface area contributed by atoms with Crippen LogP contribution in [0.15, 0.2) is 18.3 Å². The van der Waals surface area contributed by atoms with Crippen molar-refractivity contribution in [3.8, 4) is 5.88 Å². The highest BCUT2D eigenvalue weighted by Crippen LogP contribution is 2.15. The van der Waals surface area contributed by atoms with Crippen LogP contribution in [0.5, 0.6) is 5.88 Å². The lowest BCUT2D eigenvalue weighted by atomic mass is 9.99. The topological polar surface area (TPSA) is 77.2 Å². The third-order valence-electron chi connectivity index (χ3n) is 2.95. The molecule has 0 aromatic carbocycles. The molecule has 0 aliphatic carbocycles. The lowest BCUT2D eigenvalue weighted by molar-refractivity contribution is 0.0999. The van der Waals surface area contributed by atoms with Gasteiger partial charge in [-0.25, -0.2) is 4.98 Å². The van der Waals surface area contributed by atoms with E-state index in [1.165, 1.54) is 6.20 Å². The van der Waals surface area contributed by atoms with Gasteiger partial charge < -0.3 is 15.8 Å². The Kier molecular flexibility index (Phi) is 3.93. The van der Waals surface area contributed by atoms with E-state index in [2.05, 4.69) is 10.3 Å². The zero-order valence-electron chi connectivity index (χ0n) is 9.69. The van der Waals surface area contributed by atoms with Crippen molar-refractivity contribution < 1.29 is 9.53 Å². The fourth-order valence-electron chi connectivity index (χ4n) is 1.89. The Morgan fingerprint density at radius 3 is 3.00 bits per heavy atom. The van der Waals surface area contributed by atoms with Crippen molar-refractivity contribution in [1.29, 1.82) is 0 Å². The average molecular weight is 235 g/mol. The van der Waals surface area contributed by atoms with Gasteiger partial charge in [-0.3, -0.25) is 4.79 Å². The van der Waals surface area contributed by atoms with Crippen LogP contribution in [-0.2, 0) is 0 Å². The van der Waals surface area contributed by atoms with Crippen LogP contribution in [0.4, 0.5) is 0 Å². The highest BCUT2D eigenvalue weighted by Gasteiger charge is 2.14. The quantitative estimate of drug-likeness (QED) is 0.799. The molecule has 0 bridgehead atoms. The number of nitrogens with one attached hydrogen (secondary N) is 1. The molecule has 1 amide bonds. The Labute approximate surface area is 100 Å². The predicted molar refractivity (Wildman–Crippen MR) is 63.8 cm³/mol. The van der Waals surface area contributed by atoms with Gasteiger partial charge in [-0.05, 0) is 37.9 Å². The first kappa shape index (κ1) is 11.9. The molecule has 0 radical (unpaired) electrons. The number of hydrogen-bond acceptors (Lipinski definition) is 4. The van der Waals surface area contributed by atoms with Crippen molar-refractivity contribution in [2.24, 2.45) is 11.7 Å². The molecule has 92 valence electrons. The van der Waals surface area contributed by atoms with Gasteiger partial charge in [-0.1, -0.05) is 0 Å². The third-order valence-corrected chi connectivity index (χ3v) is 2.95. The molecule has 2 rings (SSSR count). The minimum absolute atomic E-state index is 0.431. The van der Waals surface area contributed by atoms with Crippen molar-refractivity contribution in [1.82, 2.24) is 10.3 Å². The molecule has 17 heavy (non-hydrogen) atoms. The van der Waals surface area contributed by atoms with Crippen LogP contribution in [0.3, 0.4) is 0 Å². The van der Waals surface area contributed by atoms with Gasteiger partial charge in [0.1, 0.15) is 0 Å². The summed E-state index contributed by atoms with van der Waals surface area (Å²) in [6.45, 7) is 2.74. The van der Waals surface area contributed by atoms with E-state index in [9.17, 15) is 4.79 Å². The Hall–Kier alpha value is -1.62. The van der Waals surface area contributed by atoms with Crippen molar-refractivity contribution in [3.05, 3.63) is 23.9 Å². The first-order valence-electron chi connectivity index (χ1n) is 5.85. The molecule has 5 nitrogen and oxygen atoms in total. The maximum atomic E-state index is 11.0. The minimum Gasteiger partial charge on any atom is -0.477 e. The maximum absolute atomic E-state index is 11.0. The maximum Gasteiger partial charge on any atom is 0.248 e. The Morgan fingerprint density at radius 1 is 1.53 bits per heavy atom. The zero-order valence-corrected chi connectivity index (χ0v) is 9.69. The highest BCUT2D eigenvalue weighted by molar-refractivity contribution is 5.92. The number of carbonyl (C=O) groups is 1. The largest absolute Gasteiger partial charge is 0.477 e. The number of piperidine rings is 1. The number of amides is 1. The average Bonchev–Trinajstić information content (AvgIpc) is 2.38. The summed E-state index contributed by atoms with van der Waals surface area (Å²) in [5, 5.41) is 3.30. The van der Waals surface area contributed by atoms with Crippen molar-refractivity contribution in [2.45, 2.75) is 12.8 Å². The first-order chi connectivity index (χ1) is 8.25.